The summed E-state index contributed by atoms with van der Waals surface area (Å²) in [7, 11) is 6.89. The molecule has 0 aromatic heterocycles. The molecule has 2 atom stereocenters. The van der Waals surface area contributed by atoms with Gasteiger partial charge in [-0.2, -0.15) is 0 Å². The number of piperazine rings is 1. The maximum absolute atomic E-state index is 5.76. The Hall–Kier alpha value is -1.50. The molecule has 27 heavy (non-hydrogen) atoms. The molecule has 3 rings (SSSR count). The molecule has 0 bridgehead atoms. The van der Waals surface area contributed by atoms with Crippen molar-refractivity contribution >= 4 is 0 Å². The Kier molecular flexibility index (Phi) is 7.21. The minimum absolute atomic E-state index is 0.399. The third-order valence-corrected chi connectivity index (χ3v) is 6.03. The van der Waals surface area contributed by atoms with Gasteiger partial charge in [-0.25, -0.2) is 0 Å². The molecule has 2 fully saturated rings. The summed E-state index contributed by atoms with van der Waals surface area (Å²) >= 11 is 0. The van der Waals surface area contributed by atoms with Gasteiger partial charge in [0.2, 0.25) is 0 Å². The van der Waals surface area contributed by atoms with Gasteiger partial charge in [0.1, 0.15) is 5.75 Å². The molecule has 0 spiro atoms. The summed E-state index contributed by atoms with van der Waals surface area (Å²) in [4.78, 5) is 5.13. The van der Waals surface area contributed by atoms with E-state index in [1.165, 1.54) is 25.7 Å². The number of hydrogen-bond donors (Lipinski definition) is 0. The van der Waals surface area contributed by atoms with Gasteiger partial charge < -0.3 is 18.9 Å². The minimum atomic E-state index is 0.399. The zero-order valence-electron chi connectivity index (χ0n) is 17.2. The molecule has 1 aromatic rings. The molecule has 1 saturated heterocycles. The van der Waals surface area contributed by atoms with Crippen molar-refractivity contribution in [1.82, 2.24) is 9.80 Å². The highest BCUT2D eigenvalue weighted by Gasteiger charge is 2.32. The van der Waals surface area contributed by atoms with Gasteiger partial charge in [-0.1, -0.05) is 12.8 Å². The van der Waals surface area contributed by atoms with Crippen LogP contribution in [0, 0.1) is 0 Å². The topological polar surface area (TPSA) is 43.4 Å². The standard InChI is InChI=1S/C21H34N2O4/c1-24-18-8-6-5-7-17(18)23-11-9-22(10-12-23)15-16-13-20(26-3)21(27-4)14-19(16)25-2/h13-14,17-18H,5-12,15H2,1-4H3/t17-,18+/m1/s1. The Balaban J connectivity index is 1.62. The van der Waals surface area contributed by atoms with Crippen molar-refractivity contribution in [3.05, 3.63) is 17.7 Å². The normalized spacial score (nSPS) is 24.6. The second kappa shape index (κ2) is 9.62. The summed E-state index contributed by atoms with van der Waals surface area (Å²) in [6.45, 7) is 5.17. The van der Waals surface area contributed by atoms with Gasteiger partial charge in [0.15, 0.2) is 11.5 Å². The summed E-state index contributed by atoms with van der Waals surface area (Å²) in [6, 6.07) is 4.53. The fourth-order valence-electron chi connectivity index (χ4n) is 4.48. The maximum Gasteiger partial charge on any atom is 0.164 e. The largest absolute Gasteiger partial charge is 0.496 e. The van der Waals surface area contributed by atoms with Crippen molar-refractivity contribution < 1.29 is 18.9 Å². The van der Waals surface area contributed by atoms with Crippen LogP contribution in [0.5, 0.6) is 17.2 Å². The van der Waals surface area contributed by atoms with E-state index in [1.807, 2.05) is 19.2 Å². The molecule has 6 heteroatoms. The van der Waals surface area contributed by atoms with Crippen LogP contribution in [-0.2, 0) is 11.3 Å². The van der Waals surface area contributed by atoms with Gasteiger partial charge in [-0.05, 0) is 18.9 Å². The van der Waals surface area contributed by atoms with Crippen molar-refractivity contribution in [2.75, 3.05) is 54.6 Å². The van der Waals surface area contributed by atoms with E-state index in [0.29, 0.717) is 17.9 Å². The molecular weight excluding hydrogens is 344 g/mol. The van der Waals surface area contributed by atoms with Crippen molar-refractivity contribution in [3.63, 3.8) is 0 Å². The first kappa shape index (κ1) is 20.2. The fourth-order valence-corrected chi connectivity index (χ4v) is 4.48. The molecule has 1 heterocycles. The number of rotatable bonds is 7. The Morgan fingerprint density at radius 3 is 2.07 bits per heavy atom. The second-order valence-electron chi connectivity index (χ2n) is 7.46. The summed E-state index contributed by atoms with van der Waals surface area (Å²) in [5.74, 6) is 2.30. The molecular formula is C21H34N2O4. The number of methoxy groups -OCH3 is 4. The molecule has 0 radical (unpaired) electrons. The second-order valence-corrected chi connectivity index (χ2v) is 7.46. The highest BCUT2D eigenvalue weighted by atomic mass is 16.5. The summed E-state index contributed by atoms with van der Waals surface area (Å²) in [5, 5.41) is 0. The third-order valence-electron chi connectivity index (χ3n) is 6.03. The number of hydrogen-bond acceptors (Lipinski definition) is 6. The van der Waals surface area contributed by atoms with E-state index in [-0.39, 0.29) is 0 Å². The highest BCUT2D eigenvalue weighted by Crippen LogP contribution is 2.35. The van der Waals surface area contributed by atoms with Crippen molar-refractivity contribution in [2.24, 2.45) is 0 Å². The Labute approximate surface area is 163 Å². The Morgan fingerprint density at radius 2 is 1.44 bits per heavy atom. The van der Waals surface area contributed by atoms with Gasteiger partial charge in [0.05, 0.1) is 27.4 Å². The van der Waals surface area contributed by atoms with Gasteiger partial charge in [0, 0.05) is 57.5 Å². The summed E-state index contributed by atoms with van der Waals surface area (Å²) < 4.78 is 22.2. The van der Waals surface area contributed by atoms with Crippen LogP contribution < -0.4 is 14.2 Å². The predicted octanol–water partition coefficient (Wildman–Crippen LogP) is 2.79. The van der Waals surface area contributed by atoms with Crippen molar-refractivity contribution in [1.29, 1.82) is 0 Å². The van der Waals surface area contributed by atoms with Crippen LogP contribution in [0.2, 0.25) is 0 Å². The maximum atomic E-state index is 5.76. The van der Waals surface area contributed by atoms with Crippen LogP contribution in [0.1, 0.15) is 31.2 Å². The summed E-state index contributed by atoms with van der Waals surface area (Å²) in [6.07, 6.45) is 5.49. The van der Waals surface area contributed by atoms with Crippen molar-refractivity contribution in [3.8, 4) is 17.2 Å². The van der Waals surface area contributed by atoms with E-state index in [2.05, 4.69) is 9.80 Å². The third kappa shape index (κ3) is 4.68. The lowest BCUT2D eigenvalue weighted by Gasteiger charge is -2.43. The molecule has 2 aliphatic rings. The van der Waals surface area contributed by atoms with Crippen LogP contribution in [0.4, 0.5) is 0 Å². The molecule has 152 valence electrons. The Bertz CT molecular complexity index is 602. The van der Waals surface area contributed by atoms with Gasteiger partial charge in [-0.15, -0.1) is 0 Å². The van der Waals surface area contributed by atoms with Crippen molar-refractivity contribution in [2.45, 2.75) is 44.4 Å². The van der Waals surface area contributed by atoms with Gasteiger partial charge in [-0.3, -0.25) is 9.80 Å². The summed E-state index contributed by atoms with van der Waals surface area (Å²) in [5.41, 5.74) is 1.14. The lowest BCUT2D eigenvalue weighted by atomic mass is 9.90. The molecule has 0 N–H and O–H groups in total. The SMILES string of the molecule is COc1cc(OC)c(OC)cc1CN1CCN([C@@H]2CCCC[C@@H]2OC)CC1. The quantitative estimate of drug-likeness (QED) is 0.727. The van der Waals surface area contributed by atoms with Crippen LogP contribution in [-0.4, -0.2) is 76.6 Å². The fraction of sp³-hybridized carbons (Fsp3) is 0.714. The van der Waals surface area contributed by atoms with Crippen LogP contribution >= 0.6 is 0 Å². The first-order valence-corrected chi connectivity index (χ1v) is 9.98. The van der Waals surface area contributed by atoms with E-state index in [9.17, 15) is 0 Å². The average molecular weight is 379 g/mol. The van der Waals surface area contributed by atoms with Gasteiger partial charge in [0.25, 0.3) is 0 Å². The predicted molar refractivity (Wildman–Crippen MR) is 106 cm³/mol. The zero-order valence-corrected chi connectivity index (χ0v) is 17.2. The minimum Gasteiger partial charge on any atom is -0.496 e. The van der Waals surface area contributed by atoms with E-state index >= 15 is 0 Å². The lowest BCUT2D eigenvalue weighted by molar-refractivity contribution is -0.0279. The monoisotopic (exact) mass is 378 g/mol. The number of nitrogens with zero attached hydrogens (tertiary/aromatic N) is 2. The first-order chi connectivity index (χ1) is 13.2. The molecule has 0 amide bonds. The van der Waals surface area contributed by atoms with E-state index in [1.54, 1.807) is 21.3 Å². The first-order valence-electron chi connectivity index (χ1n) is 9.98. The Morgan fingerprint density at radius 1 is 0.815 bits per heavy atom. The smallest absolute Gasteiger partial charge is 0.164 e. The number of ether oxygens (including phenoxy) is 4. The van der Waals surface area contributed by atoms with Crippen LogP contribution in [0.3, 0.4) is 0 Å². The molecule has 0 unspecified atom stereocenters. The number of benzene rings is 1. The van der Waals surface area contributed by atoms with Gasteiger partial charge >= 0.3 is 0 Å². The lowest BCUT2D eigenvalue weighted by Crippen LogP contribution is -2.54. The average Bonchev–Trinajstić information content (AvgIpc) is 2.73. The molecule has 1 aromatic carbocycles. The molecule has 1 aliphatic heterocycles. The van der Waals surface area contributed by atoms with Crippen LogP contribution in [0.15, 0.2) is 12.1 Å². The van der Waals surface area contributed by atoms with E-state index in [0.717, 1.165) is 49.8 Å². The zero-order chi connectivity index (χ0) is 19.2. The highest BCUT2D eigenvalue weighted by molar-refractivity contribution is 5.50. The molecule has 1 aliphatic carbocycles. The van der Waals surface area contributed by atoms with E-state index in [4.69, 9.17) is 18.9 Å². The van der Waals surface area contributed by atoms with Crippen LogP contribution in [0.25, 0.3) is 0 Å². The molecule has 6 nitrogen and oxygen atoms in total. The van der Waals surface area contributed by atoms with E-state index < -0.39 is 0 Å². The molecule has 1 saturated carbocycles.